The summed E-state index contributed by atoms with van der Waals surface area (Å²) in [5.41, 5.74) is 7.29. The van der Waals surface area contributed by atoms with Crippen molar-refractivity contribution in [2.24, 2.45) is 11.7 Å². The van der Waals surface area contributed by atoms with Crippen LogP contribution in [-0.2, 0) is 0 Å². The van der Waals surface area contributed by atoms with E-state index in [2.05, 4.69) is 6.07 Å². The molecule has 0 spiro atoms. The Balaban J connectivity index is 0.00000112. The van der Waals surface area contributed by atoms with E-state index in [0.29, 0.717) is 0 Å². The van der Waals surface area contributed by atoms with E-state index in [1.807, 2.05) is 18.2 Å². The molecule has 1 aromatic rings. The number of rotatable bonds is 4. The van der Waals surface area contributed by atoms with Gasteiger partial charge < -0.3 is 10.5 Å². The zero-order valence-corrected chi connectivity index (χ0v) is 9.80. The maximum absolute atomic E-state index is 6.10. The lowest BCUT2D eigenvalue weighted by Crippen LogP contribution is -2.10. The second-order valence-corrected chi connectivity index (χ2v) is 4.06. The third-order valence-corrected chi connectivity index (χ3v) is 2.81. The van der Waals surface area contributed by atoms with Crippen LogP contribution < -0.4 is 10.5 Å². The van der Waals surface area contributed by atoms with Crippen molar-refractivity contribution in [3.8, 4) is 5.75 Å². The SMILES string of the molecule is COc1cccc([C@@H](N)CC2CC2)c1.Cl. The minimum atomic E-state index is 0. The molecule has 0 aromatic heterocycles. The molecule has 1 saturated carbocycles. The number of ether oxygens (including phenoxy) is 1. The van der Waals surface area contributed by atoms with Crippen LogP contribution in [0.4, 0.5) is 0 Å². The van der Waals surface area contributed by atoms with E-state index in [0.717, 1.165) is 18.1 Å². The number of halogens is 1. The fraction of sp³-hybridized carbons (Fsp3) is 0.500. The van der Waals surface area contributed by atoms with E-state index in [9.17, 15) is 0 Å². The molecule has 0 saturated heterocycles. The molecule has 0 bridgehead atoms. The van der Waals surface area contributed by atoms with E-state index in [-0.39, 0.29) is 18.4 Å². The normalized spacial score (nSPS) is 16.7. The Morgan fingerprint density at radius 1 is 1.47 bits per heavy atom. The maximum atomic E-state index is 6.10. The molecule has 84 valence electrons. The minimum absolute atomic E-state index is 0. The number of benzene rings is 1. The highest BCUT2D eigenvalue weighted by molar-refractivity contribution is 5.85. The second kappa shape index (κ2) is 5.38. The van der Waals surface area contributed by atoms with Crippen LogP contribution in [0.2, 0.25) is 0 Å². The molecule has 1 fully saturated rings. The first-order valence-electron chi connectivity index (χ1n) is 5.19. The molecule has 2 rings (SSSR count). The van der Waals surface area contributed by atoms with Gasteiger partial charge >= 0.3 is 0 Å². The first kappa shape index (κ1) is 12.3. The zero-order chi connectivity index (χ0) is 9.97. The van der Waals surface area contributed by atoms with Crippen molar-refractivity contribution >= 4 is 12.4 Å². The predicted octanol–water partition coefficient (Wildman–Crippen LogP) is 2.92. The molecule has 0 amide bonds. The van der Waals surface area contributed by atoms with Gasteiger partial charge in [-0.3, -0.25) is 0 Å². The maximum Gasteiger partial charge on any atom is 0.119 e. The Kier molecular flexibility index (Phi) is 4.43. The lowest BCUT2D eigenvalue weighted by molar-refractivity contribution is 0.413. The molecule has 15 heavy (non-hydrogen) atoms. The van der Waals surface area contributed by atoms with Crippen molar-refractivity contribution in [2.45, 2.75) is 25.3 Å². The summed E-state index contributed by atoms with van der Waals surface area (Å²) < 4.78 is 5.17. The number of nitrogens with two attached hydrogens (primary N) is 1. The highest BCUT2D eigenvalue weighted by atomic mass is 35.5. The minimum Gasteiger partial charge on any atom is -0.497 e. The Hall–Kier alpha value is -0.730. The molecule has 0 heterocycles. The molecule has 2 nitrogen and oxygen atoms in total. The summed E-state index contributed by atoms with van der Waals surface area (Å²) in [5.74, 6) is 1.77. The Morgan fingerprint density at radius 3 is 2.80 bits per heavy atom. The molecule has 0 unspecified atom stereocenters. The van der Waals surface area contributed by atoms with E-state index >= 15 is 0 Å². The van der Waals surface area contributed by atoms with E-state index in [1.54, 1.807) is 7.11 Å². The van der Waals surface area contributed by atoms with Crippen molar-refractivity contribution in [2.75, 3.05) is 7.11 Å². The third-order valence-electron chi connectivity index (χ3n) is 2.81. The van der Waals surface area contributed by atoms with Gasteiger partial charge in [0.2, 0.25) is 0 Å². The number of hydrogen-bond acceptors (Lipinski definition) is 2. The molecule has 3 heteroatoms. The van der Waals surface area contributed by atoms with Crippen LogP contribution in [0.25, 0.3) is 0 Å². The predicted molar refractivity (Wildman–Crippen MR) is 64.5 cm³/mol. The first-order valence-corrected chi connectivity index (χ1v) is 5.19. The molecular weight excluding hydrogens is 210 g/mol. The van der Waals surface area contributed by atoms with Gasteiger partial charge in [-0.25, -0.2) is 0 Å². The van der Waals surface area contributed by atoms with Crippen LogP contribution >= 0.6 is 12.4 Å². The highest BCUT2D eigenvalue weighted by Gasteiger charge is 2.24. The van der Waals surface area contributed by atoms with E-state index in [1.165, 1.54) is 18.4 Å². The summed E-state index contributed by atoms with van der Waals surface area (Å²) in [6.45, 7) is 0. The van der Waals surface area contributed by atoms with Gasteiger partial charge in [-0.15, -0.1) is 12.4 Å². The molecule has 1 atom stereocenters. The van der Waals surface area contributed by atoms with Crippen LogP contribution in [0, 0.1) is 5.92 Å². The summed E-state index contributed by atoms with van der Waals surface area (Å²) >= 11 is 0. The second-order valence-electron chi connectivity index (χ2n) is 4.06. The van der Waals surface area contributed by atoms with Crippen molar-refractivity contribution < 1.29 is 4.74 Å². The largest absolute Gasteiger partial charge is 0.497 e. The van der Waals surface area contributed by atoms with Crippen molar-refractivity contribution in [1.29, 1.82) is 0 Å². The lowest BCUT2D eigenvalue weighted by atomic mass is 10.0. The molecule has 1 aliphatic carbocycles. The van der Waals surface area contributed by atoms with Crippen LogP contribution in [0.15, 0.2) is 24.3 Å². The summed E-state index contributed by atoms with van der Waals surface area (Å²) in [4.78, 5) is 0. The third kappa shape index (κ3) is 3.40. The van der Waals surface area contributed by atoms with Gasteiger partial charge in [0.25, 0.3) is 0 Å². The van der Waals surface area contributed by atoms with Crippen molar-refractivity contribution in [3.63, 3.8) is 0 Å². The average molecular weight is 228 g/mol. The molecule has 1 aliphatic rings. The van der Waals surface area contributed by atoms with Gasteiger partial charge in [0.1, 0.15) is 5.75 Å². The fourth-order valence-corrected chi connectivity index (χ4v) is 1.72. The standard InChI is InChI=1S/C12H17NO.ClH/c1-14-11-4-2-3-10(8-11)12(13)7-9-5-6-9;/h2-4,8-9,12H,5-7,13H2,1H3;1H/t12-;/m0./s1. The zero-order valence-electron chi connectivity index (χ0n) is 8.98. The van der Waals surface area contributed by atoms with Crippen molar-refractivity contribution in [3.05, 3.63) is 29.8 Å². The summed E-state index contributed by atoms with van der Waals surface area (Å²) in [7, 11) is 1.69. The van der Waals surface area contributed by atoms with Gasteiger partial charge in [-0.05, 0) is 30.0 Å². The van der Waals surface area contributed by atoms with E-state index in [4.69, 9.17) is 10.5 Å². The molecule has 2 N–H and O–H groups in total. The fourth-order valence-electron chi connectivity index (χ4n) is 1.72. The number of hydrogen-bond donors (Lipinski definition) is 1. The summed E-state index contributed by atoms with van der Waals surface area (Å²) in [6, 6.07) is 8.24. The van der Waals surface area contributed by atoms with Crippen LogP contribution in [0.5, 0.6) is 5.75 Å². The van der Waals surface area contributed by atoms with E-state index < -0.39 is 0 Å². The molecule has 1 aromatic carbocycles. The Labute approximate surface area is 97.2 Å². The monoisotopic (exact) mass is 227 g/mol. The Bertz CT molecular complexity index is 312. The van der Waals surface area contributed by atoms with Crippen LogP contribution in [0.1, 0.15) is 30.9 Å². The lowest BCUT2D eigenvalue weighted by Gasteiger charge is -2.12. The summed E-state index contributed by atoms with van der Waals surface area (Å²) in [6.07, 6.45) is 3.84. The highest BCUT2D eigenvalue weighted by Crippen LogP contribution is 2.37. The van der Waals surface area contributed by atoms with Gasteiger partial charge in [-0.1, -0.05) is 25.0 Å². The topological polar surface area (TPSA) is 35.2 Å². The van der Waals surface area contributed by atoms with Crippen LogP contribution in [0.3, 0.4) is 0 Å². The van der Waals surface area contributed by atoms with Crippen LogP contribution in [-0.4, -0.2) is 7.11 Å². The first-order chi connectivity index (χ1) is 6.79. The van der Waals surface area contributed by atoms with Gasteiger partial charge in [0, 0.05) is 6.04 Å². The van der Waals surface area contributed by atoms with Gasteiger partial charge in [-0.2, -0.15) is 0 Å². The quantitative estimate of drug-likeness (QED) is 0.859. The molecular formula is C12H18ClNO. The van der Waals surface area contributed by atoms with Gasteiger partial charge in [0.05, 0.1) is 7.11 Å². The summed E-state index contributed by atoms with van der Waals surface area (Å²) in [5, 5.41) is 0. The molecule has 0 aliphatic heterocycles. The number of methoxy groups -OCH3 is 1. The Morgan fingerprint density at radius 2 is 2.20 bits per heavy atom. The average Bonchev–Trinajstić information content (AvgIpc) is 3.02. The smallest absolute Gasteiger partial charge is 0.119 e. The van der Waals surface area contributed by atoms with Gasteiger partial charge in [0.15, 0.2) is 0 Å². The van der Waals surface area contributed by atoms with Crippen molar-refractivity contribution in [1.82, 2.24) is 0 Å². The molecule has 0 radical (unpaired) electrons.